The van der Waals surface area contributed by atoms with Crippen LogP contribution in [0, 0.1) is 5.92 Å². The van der Waals surface area contributed by atoms with Crippen LogP contribution in [0.15, 0.2) is 24.5 Å². The number of aromatic amines is 1. The van der Waals surface area contributed by atoms with Crippen molar-refractivity contribution in [3.05, 3.63) is 30.4 Å². The first kappa shape index (κ1) is 12.5. The van der Waals surface area contributed by atoms with Gasteiger partial charge in [-0.3, -0.25) is 14.9 Å². The van der Waals surface area contributed by atoms with Gasteiger partial charge in [0.05, 0.1) is 6.04 Å². The molecule has 0 unspecified atom stereocenters. The van der Waals surface area contributed by atoms with Gasteiger partial charge in [-0.25, -0.2) is 4.98 Å². The number of likely N-dealkylation sites (tertiary alicyclic amines) is 1. The predicted molar refractivity (Wildman–Crippen MR) is 76.0 cm³/mol. The van der Waals surface area contributed by atoms with Crippen LogP contribution >= 0.6 is 0 Å². The lowest BCUT2D eigenvalue weighted by molar-refractivity contribution is -0.133. The molecule has 108 valence electrons. The van der Waals surface area contributed by atoms with E-state index < -0.39 is 0 Å². The van der Waals surface area contributed by atoms with Gasteiger partial charge < -0.3 is 4.90 Å². The second-order valence-electron chi connectivity index (χ2n) is 5.74. The first-order chi connectivity index (χ1) is 10.3. The summed E-state index contributed by atoms with van der Waals surface area (Å²) in [7, 11) is 0. The molecule has 2 aromatic rings. The lowest BCUT2D eigenvalue weighted by Crippen LogP contribution is -2.32. The highest BCUT2D eigenvalue weighted by Crippen LogP contribution is 2.38. The van der Waals surface area contributed by atoms with E-state index in [0.717, 1.165) is 43.6 Å². The molecule has 1 saturated heterocycles. The van der Waals surface area contributed by atoms with E-state index in [1.807, 2.05) is 17.0 Å². The second-order valence-corrected chi connectivity index (χ2v) is 5.74. The van der Waals surface area contributed by atoms with Crippen LogP contribution in [0.25, 0.3) is 11.4 Å². The van der Waals surface area contributed by atoms with Crippen molar-refractivity contribution < 1.29 is 4.79 Å². The Morgan fingerprint density at radius 2 is 2.05 bits per heavy atom. The summed E-state index contributed by atoms with van der Waals surface area (Å²) in [5.41, 5.74) is 0.936. The fraction of sp³-hybridized carbons (Fsp3) is 0.467. The molecule has 0 bridgehead atoms. The molecule has 2 aromatic heterocycles. The van der Waals surface area contributed by atoms with Gasteiger partial charge >= 0.3 is 0 Å². The number of hydrogen-bond donors (Lipinski definition) is 1. The van der Waals surface area contributed by atoms with Gasteiger partial charge in [0.1, 0.15) is 5.82 Å². The number of H-pyrrole nitrogens is 1. The van der Waals surface area contributed by atoms with Crippen molar-refractivity contribution in [1.82, 2.24) is 25.1 Å². The quantitative estimate of drug-likeness (QED) is 0.934. The topological polar surface area (TPSA) is 74.8 Å². The molecule has 1 N–H and O–H groups in total. The second kappa shape index (κ2) is 4.95. The molecule has 1 aliphatic heterocycles. The van der Waals surface area contributed by atoms with Crippen molar-refractivity contribution in [3.8, 4) is 11.4 Å². The molecule has 2 fully saturated rings. The fourth-order valence-corrected chi connectivity index (χ4v) is 2.93. The molecular formula is C15H17N5O. The van der Waals surface area contributed by atoms with Crippen LogP contribution in [-0.2, 0) is 4.79 Å². The van der Waals surface area contributed by atoms with Crippen molar-refractivity contribution in [2.75, 3.05) is 6.54 Å². The van der Waals surface area contributed by atoms with Crippen molar-refractivity contribution in [1.29, 1.82) is 0 Å². The van der Waals surface area contributed by atoms with E-state index in [2.05, 4.69) is 20.2 Å². The summed E-state index contributed by atoms with van der Waals surface area (Å²) < 4.78 is 0. The minimum Gasteiger partial charge on any atom is -0.332 e. The van der Waals surface area contributed by atoms with E-state index >= 15 is 0 Å². The first-order valence-electron chi connectivity index (χ1n) is 7.46. The molecule has 1 saturated carbocycles. The maximum absolute atomic E-state index is 12.3. The van der Waals surface area contributed by atoms with E-state index in [9.17, 15) is 4.79 Å². The third-order valence-electron chi connectivity index (χ3n) is 4.22. The molecule has 1 atom stereocenters. The Balaban J connectivity index is 1.58. The zero-order chi connectivity index (χ0) is 14.2. The Bertz CT molecular complexity index is 649. The van der Waals surface area contributed by atoms with Gasteiger partial charge in [-0.15, -0.1) is 0 Å². The van der Waals surface area contributed by atoms with E-state index in [1.54, 1.807) is 12.4 Å². The first-order valence-corrected chi connectivity index (χ1v) is 7.46. The lowest BCUT2D eigenvalue weighted by Gasteiger charge is -2.22. The number of carbonyl (C=O) groups is 1. The molecule has 0 spiro atoms. The van der Waals surface area contributed by atoms with Crippen molar-refractivity contribution in [3.63, 3.8) is 0 Å². The molecule has 0 radical (unpaired) electrons. The van der Waals surface area contributed by atoms with Crippen molar-refractivity contribution in [2.24, 2.45) is 5.92 Å². The lowest BCUT2D eigenvalue weighted by atomic mass is 10.2. The highest BCUT2D eigenvalue weighted by atomic mass is 16.2. The molecule has 4 rings (SSSR count). The van der Waals surface area contributed by atoms with E-state index in [1.165, 1.54) is 0 Å². The maximum Gasteiger partial charge on any atom is 0.226 e. The molecule has 6 heteroatoms. The smallest absolute Gasteiger partial charge is 0.226 e. The number of nitrogens with zero attached hydrogens (tertiary/aromatic N) is 4. The van der Waals surface area contributed by atoms with Crippen LogP contribution in [0.1, 0.15) is 37.5 Å². The Kier molecular flexibility index (Phi) is 2.94. The molecule has 2 aliphatic rings. The van der Waals surface area contributed by atoms with Crippen molar-refractivity contribution >= 4 is 5.91 Å². The summed E-state index contributed by atoms with van der Waals surface area (Å²) in [6, 6.07) is 3.82. The fourth-order valence-electron chi connectivity index (χ4n) is 2.93. The highest BCUT2D eigenvalue weighted by molar-refractivity contribution is 5.81. The largest absolute Gasteiger partial charge is 0.332 e. The summed E-state index contributed by atoms with van der Waals surface area (Å²) in [4.78, 5) is 22.9. The zero-order valence-electron chi connectivity index (χ0n) is 11.7. The third kappa shape index (κ3) is 2.30. The van der Waals surface area contributed by atoms with Gasteiger partial charge in [-0.1, -0.05) is 0 Å². The van der Waals surface area contributed by atoms with E-state index in [-0.39, 0.29) is 12.0 Å². The Morgan fingerprint density at radius 1 is 1.24 bits per heavy atom. The summed E-state index contributed by atoms with van der Waals surface area (Å²) in [6.07, 6.45) is 7.53. The highest BCUT2D eigenvalue weighted by Gasteiger charge is 2.39. The van der Waals surface area contributed by atoms with Gasteiger partial charge in [0.2, 0.25) is 5.91 Å². The number of rotatable bonds is 3. The number of amides is 1. The third-order valence-corrected chi connectivity index (χ3v) is 4.22. The number of carbonyl (C=O) groups excluding carboxylic acids is 1. The van der Waals surface area contributed by atoms with Gasteiger partial charge in [0.15, 0.2) is 5.82 Å². The van der Waals surface area contributed by atoms with Gasteiger partial charge in [-0.05, 0) is 37.8 Å². The van der Waals surface area contributed by atoms with Crippen LogP contribution in [0.5, 0.6) is 0 Å². The SMILES string of the molecule is O=C(C1CC1)N1CCC[C@@H]1c1nc(-c2ccncc2)n[nH]1. The number of hydrogen-bond acceptors (Lipinski definition) is 4. The molecule has 3 heterocycles. The van der Waals surface area contributed by atoms with Crippen LogP contribution in [0.4, 0.5) is 0 Å². The minimum absolute atomic E-state index is 0.0567. The van der Waals surface area contributed by atoms with E-state index in [0.29, 0.717) is 11.7 Å². The molecular weight excluding hydrogens is 266 g/mol. The van der Waals surface area contributed by atoms with E-state index in [4.69, 9.17) is 0 Å². The van der Waals surface area contributed by atoms with Gasteiger partial charge in [0, 0.05) is 30.4 Å². The molecule has 1 amide bonds. The van der Waals surface area contributed by atoms with Crippen LogP contribution in [0.2, 0.25) is 0 Å². The monoisotopic (exact) mass is 283 g/mol. The number of nitrogens with one attached hydrogen (secondary N) is 1. The number of pyridine rings is 1. The van der Waals surface area contributed by atoms with Crippen LogP contribution < -0.4 is 0 Å². The molecule has 6 nitrogen and oxygen atoms in total. The standard InChI is InChI=1S/C15H17N5O/c21-15(11-3-4-11)20-9-1-2-12(20)14-17-13(18-19-14)10-5-7-16-8-6-10/h5-8,11-12H,1-4,9H2,(H,17,18,19)/t12-/m1/s1. The average Bonchev–Trinajstić information content (AvgIpc) is 3.07. The van der Waals surface area contributed by atoms with Crippen LogP contribution in [-0.4, -0.2) is 37.5 Å². The average molecular weight is 283 g/mol. The van der Waals surface area contributed by atoms with Crippen molar-refractivity contribution in [2.45, 2.75) is 31.7 Å². The Morgan fingerprint density at radius 3 is 2.81 bits per heavy atom. The summed E-state index contributed by atoms with van der Waals surface area (Å²) >= 11 is 0. The molecule has 1 aliphatic carbocycles. The minimum atomic E-state index is 0.0567. The molecule has 21 heavy (non-hydrogen) atoms. The van der Waals surface area contributed by atoms with Gasteiger partial charge in [-0.2, -0.15) is 5.10 Å². The van der Waals surface area contributed by atoms with Gasteiger partial charge in [0.25, 0.3) is 0 Å². The van der Waals surface area contributed by atoms with Crippen LogP contribution in [0.3, 0.4) is 0 Å². The predicted octanol–water partition coefficient (Wildman–Crippen LogP) is 1.94. The normalized spacial score (nSPS) is 21.7. The molecule has 0 aromatic carbocycles. The summed E-state index contributed by atoms with van der Waals surface area (Å²) in [5.74, 6) is 2.01. The maximum atomic E-state index is 12.3. The zero-order valence-corrected chi connectivity index (χ0v) is 11.7. The Labute approximate surface area is 122 Å². The summed E-state index contributed by atoms with van der Waals surface area (Å²) in [5, 5.41) is 7.30. The number of aromatic nitrogens is 4. The Hall–Kier alpha value is -2.24. The summed E-state index contributed by atoms with van der Waals surface area (Å²) in [6.45, 7) is 0.839.